The molecule has 0 atom stereocenters. The van der Waals surface area contributed by atoms with Crippen molar-refractivity contribution in [2.24, 2.45) is 0 Å². The molecule has 0 fully saturated rings. The van der Waals surface area contributed by atoms with E-state index in [0.29, 0.717) is 11.4 Å². The van der Waals surface area contributed by atoms with E-state index >= 15 is 0 Å². The molecule has 3 N–H and O–H groups in total. The number of hydrogen-bond acceptors (Lipinski definition) is 6. The molecule has 0 aliphatic carbocycles. The van der Waals surface area contributed by atoms with E-state index in [9.17, 15) is 4.79 Å². The summed E-state index contributed by atoms with van der Waals surface area (Å²) in [6, 6.07) is 3.10. The SMILES string of the molecule is Nc1ccc(C(=O)Nc2nccnn2)cn1. The fourth-order valence-corrected chi connectivity index (χ4v) is 1.02. The molecule has 0 spiro atoms. The number of nitrogens with zero attached hydrogens (tertiary/aromatic N) is 4. The van der Waals surface area contributed by atoms with E-state index in [1.54, 1.807) is 12.1 Å². The molecule has 0 saturated carbocycles. The molecule has 0 saturated heterocycles. The van der Waals surface area contributed by atoms with Crippen LogP contribution in [0, 0.1) is 0 Å². The Bertz CT molecular complexity index is 483. The van der Waals surface area contributed by atoms with E-state index in [-0.39, 0.29) is 11.9 Å². The van der Waals surface area contributed by atoms with Gasteiger partial charge in [-0.05, 0) is 12.1 Å². The van der Waals surface area contributed by atoms with Crippen LogP contribution in [0.2, 0.25) is 0 Å². The number of hydrogen-bond donors (Lipinski definition) is 2. The van der Waals surface area contributed by atoms with Crippen LogP contribution in [0.4, 0.5) is 11.8 Å². The molecule has 80 valence electrons. The second kappa shape index (κ2) is 4.30. The first-order valence-electron chi connectivity index (χ1n) is 4.42. The van der Waals surface area contributed by atoms with Crippen LogP contribution >= 0.6 is 0 Å². The van der Waals surface area contributed by atoms with E-state index in [1.807, 2.05) is 0 Å². The Balaban J connectivity index is 2.12. The maximum absolute atomic E-state index is 11.6. The summed E-state index contributed by atoms with van der Waals surface area (Å²) in [7, 11) is 0. The van der Waals surface area contributed by atoms with E-state index in [4.69, 9.17) is 5.73 Å². The van der Waals surface area contributed by atoms with E-state index in [1.165, 1.54) is 18.6 Å². The average molecular weight is 216 g/mol. The first-order valence-corrected chi connectivity index (χ1v) is 4.42. The van der Waals surface area contributed by atoms with Crippen LogP contribution in [0.15, 0.2) is 30.7 Å². The molecule has 0 unspecified atom stereocenters. The summed E-state index contributed by atoms with van der Waals surface area (Å²) in [6.07, 6.45) is 4.23. The maximum Gasteiger partial charge on any atom is 0.259 e. The monoisotopic (exact) mass is 216 g/mol. The number of nitrogens with one attached hydrogen (secondary N) is 1. The molecule has 0 aliphatic rings. The van der Waals surface area contributed by atoms with Crippen LogP contribution in [0.25, 0.3) is 0 Å². The standard InChI is InChI=1S/C9H8N6O/c10-7-2-1-6(5-12-7)8(16)14-9-11-3-4-13-15-9/h1-5H,(H2,10,12)(H,11,14,15,16). The highest BCUT2D eigenvalue weighted by molar-refractivity contribution is 6.03. The number of nitrogen functional groups attached to an aromatic ring is 1. The lowest BCUT2D eigenvalue weighted by Crippen LogP contribution is -2.14. The first-order chi connectivity index (χ1) is 7.75. The van der Waals surface area contributed by atoms with Crippen LogP contribution in [0.3, 0.4) is 0 Å². The van der Waals surface area contributed by atoms with E-state index < -0.39 is 0 Å². The number of amides is 1. The molecule has 0 aromatic carbocycles. The van der Waals surface area contributed by atoms with Crippen molar-refractivity contribution in [1.29, 1.82) is 0 Å². The predicted octanol–water partition coefficient (Wildman–Crippen LogP) is 0.101. The minimum absolute atomic E-state index is 0.143. The molecule has 0 aliphatic heterocycles. The van der Waals surface area contributed by atoms with Crippen LogP contribution in [-0.4, -0.2) is 26.1 Å². The molecule has 1 amide bonds. The van der Waals surface area contributed by atoms with Crippen LogP contribution in [0.1, 0.15) is 10.4 Å². The lowest BCUT2D eigenvalue weighted by Gasteiger charge is -2.01. The summed E-state index contributed by atoms with van der Waals surface area (Å²) in [6.45, 7) is 0. The van der Waals surface area contributed by atoms with Gasteiger partial charge in [0.25, 0.3) is 5.91 Å². The van der Waals surface area contributed by atoms with Gasteiger partial charge < -0.3 is 5.73 Å². The highest BCUT2D eigenvalue weighted by Crippen LogP contribution is 2.03. The Labute approximate surface area is 90.8 Å². The number of aromatic nitrogens is 4. The van der Waals surface area contributed by atoms with Crippen molar-refractivity contribution in [3.05, 3.63) is 36.3 Å². The molecule has 2 aromatic heterocycles. The van der Waals surface area contributed by atoms with Gasteiger partial charge in [0.2, 0.25) is 5.95 Å². The topological polar surface area (TPSA) is 107 Å². The molecule has 0 bridgehead atoms. The third-order valence-electron chi connectivity index (χ3n) is 1.76. The third-order valence-corrected chi connectivity index (χ3v) is 1.76. The highest BCUT2D eigenvalue weighted by Gasteiger charge is 2.07. The summed E-state index contributed by atoms with van der Waals surface area (Å²) in [4.78, 5) is 19.2. The van der Waals surface area contributed by atoms with Gasteiger partial charge in [-0.15, -0.1) is 5.10 Å². The minimum atomic E-state index is -0.361. The quantitative estimate of drug-likeness (QED) is 0.737. The summed E-state index contributed by atoms with van der Waals surface area (Å²) in [5.41, 5.74) is 5.78. The van der Waals surface area contributed by atoms with Gasteiger partial charge in [-0.1, -0.05) is 0 Å². The smallest absolute Gasteiger partial charge is 0.259 e. The molecule has 16 heavy (non-hydrogen) atoms. The molecule has 2 rings (SSSR count). The molecule has 7 heteroatoms. The molecule has 2 heterocycles. The Kier molecular flexibility index (Phi) is 2.68. The lowest BCUT2D eigenvalue weighted by atomic mass is 10.2. The Hall–Kier alpha value is -2.57. The summed E-state index contributed by atoms with van der Waals surface area (Å²) >= 11 is 0. The number of rotatable bonds is 2. The van der Waals surface area contributed by atoms with Crippen LogP contribution in [0.5, 0.6) is 0 Å². The zero-order valence-corrected chi connectivity index (χ0v) is 8.16. The number of carbonyl (C=O) groups excluding carboxylic acids is 1. The number of pyridine rings is 1. The zero-order valence-electron chi connectivity index (χ0n) is 8.16. The van der Waals surface area contributed by atoms with E-state index in [2.05, 4.69) is 25.5 Å². The molecular formula is C9H8N6O. The fourth-order valence-electron chi connectivity index (χ4n) is 1.02. The normalized spacial score (nSPS) is 9.75. The van der Waals surface area contributed by atoms with Crippen molar-refractivity contribution >= 4 is 17.7 Å². The number of anilines is 2. The van der Waals surface area contributed by atoms with Gasteiger partial charge in [0, 0.05) is 6.20 Å². The highest BCUT2D eigenvalue weighted by atomic mass is 16.1. The van der Waals surface area contributed by atoms with Crippen LogP contribution < -0.4 is 11.1 Å². The Morgan fingerprint density at radius 3 is 2.75 bits per heavy atom. The number of nitrogens with two attached hydrogens (primary N) is 1. The largest absolute Gasteiger partial charge is 0.384 e. The van der Waals surface area contributed by atoms with Crippen molar-refractivity contribution < 1.29 is 4.79 Å². The summed E-state index contributed by atoms with van der Waals surface area (Å²) in [5.74, 6) is 0.138. The minimum Gasteiger partial charge on any atom is -0.384 e. The summed E-state index contributed by atoms with van der Waals surface area (Å²) < 4.78 is 0. The third kappa shape index (κ3) is 2.27. The van der Waals surface area contributed by atoms with Crippen molar-refractivity contribution in [1.82, 2.24) is 20.2 Å². The van der Waals surface area contributed by atoms with Crippen molar-refractivity contribution in [3.8, 4) is 0 Å². The molecule has 2 aromatic rings. The fraction of sp³-hybridized carbons (Fsp3) is 0. The van der Waals surface area contributed by atoms with Gasteiger partial charge in [0.15, 0.2) is 0 Å². The van der Waals surface area contributed by atoms with Gasteiger partial charge in [0.05, 0.1) is 18.0 Å². The van der Waals surface area contributed by atoms with Crippen molar-refractivity contribution in [2.45, 2.75) is 0 Å². The zero-order chi connectivity index (χ0) is 11.4. The Morgan fingerprint density at radius 1 is 1.25 bits per heavy atom. The van der Waals surface area contributed by atoms with Gasteiger partial charge in [-0.3, -0.25) is 10.1 Å². The van der Waals surface area contributed by atoms with Gasteiger partial charge in [-0.25, -0.2) is 9.97 Å². The van der Waals surface area contributed by atoms with E-state index in [0.717, 1.165) is 0 Å². The maximum atomic E-state index is 11.6. The summed E-state index contributed by atoms with van der Waals surface area (Å²) in [5, 5.41) is 9.68. The van der Waals surface area contributed by atoms with Gasteiger partial charge in [-0.2, -0.15) is 5.10 Å². The molecule has 7 nitrogen and oxygen atoms in total. The first kappa shape index (κ1) is 9.97. The lowest BCUT2D eigenvalue weighted by molar-refractivity contribution is 0.102. The number of carbonyl (C=O) groups is 1. The second-order valence-electron chi connectivity index (χ2n) is 2.89. The van der Waals surface area contributed by atoms with Crippen molar-refractivity contribution in [2.75, 3.05) is 11.1 Å². The van der Waals surface area contributed by atoms with Gasteiger partial charge >= 0.3 is 0 Å². The second-order valence-corrected chi connectivity index (χ2v) is 2.89. The molecule has 0 radical (unpaired) electrons. The van der Waals surface area contributed by atoms with Crippen molar-refractivity contribution in [3.63, 3.8) is 0 Å². The van der Waals surface area contributed by atoms with Crippen LogP contribution in [-0.2, 0) is 0 Å². The predicted molar refractivity (Wildman–Crippen MR) is 56.4 cm³/mol. The van der Waals surface area contributed by atoms with Gasteiger partial charge in [0.1, 0.15) is 5.82 Å². The Morgan fingerprint density at radius 2 is 2.12 bits per heavy atom. The average Bonchev–Trinajstić information content (AvgIpc) is 2.31. The molecular weight excluding hydrogens is 208 g/mol.